The number of anilines is 2. The van der Waals surface area contributed by atoms with E-state index in [-0.39, 0.29) is 11.6 Å². The van der Waals surface area contributed by atoms with Crippen LogP contribution in [0.15, 0.2) is 30.9 Å². The average molecular weight is 322 g/mol. The summed E-state index contributed by atoms with van der Waals surface area (Å²) in [4.78, 5) is 23.8. The Hall–Kier alpha value is -2.25. The number of hydrogen-bond acceptors (Lipinski definition) is 4. The molecule has 124 valence electrons. The number of carbonyl (C=O) groups is 2. The first-order valence-corrected chi connectivity index (χ1v) is 7.18. The summed E-state index contributed by atoms with van der Waals surface area (Å²) in [5.41, 5.74) is -0.637. The number of carbonyl (C=O) groups excluding carboxylic acids is 2. The molecule has 1 aromatic carbocycles. The molecular formula is C16H19FN2O4. The van der Waals surface area contributed by atoms with Crippen molar-refractivity contribution in [3.63, 3.8) is 0 Å². The maximum atomic E-state index is 13.7. The fourth-order valence-corrected chi connectivity index (χ4v) is 2.35. The monoisotopic (exact) mass is 322 g/mol. The molecule has 2 amide bonds. The summed E-state index contributed by atoms with van der Waals surface area (Å²) in [5, 5.41) is 5.04. The molecule has 1 saturated heterocycles. The van der Waals surface area contributed by atoms with Crippen molar-refractivity contribution in [1.29, 1.82) is 0 Å². The van der Waals surface area contributed by atoms with Crippen LogP contribution in [0.2, 0.25) is 0 Å². The molecule has 1 fully saturated rings. The van der Waals surface area contributed by atoms with Gasteiger partial charge in [-0.1, -0.05) is 6.58 Å². The Morgan fingerprint density at radius 2 is 2.04 bits per heavy atom. The van der Waals surface area contributed by atoms with E-state index in [1.807, 2.05) is 0 Å². The Morgan fingerprint density at radius 1 is 1.35 bits per heavy atom. The second-order valence-electron chi connectivity index (χ2n) is 5.15. The fourth-order valence-electron chi connectivity index (χ4n) is 2.35. The molecule has 0 aromatic heterocycles. The largest absolute Gasteiger partial charge is 0.381 e. The number of amides is 2. The van der Waals surface area contributed by atoms with Gasteiger partial charge in [-0.15, -0.1) is 0 Å². The van der Waals surface area contributed by atoms with Gasteiger partial charge in [0.2, 0.25) is 5.91 Å². The van der Waals surface area contributed by atoms with Crippen LogP contribution in [0.25, 0.3) is 0 Å². The van der Waals surface area contributed by atoms with Crippen LogP contribution in [-0.2, 0) is 19.1 Å². The van der Waals surface area contributed by atoms with E-state index in [0.29, 0.717) is 31.7 Å². The van der Waals surface area contributed by atoms with Gasteiger partial charge in [0.25, 0.3) is 5.91 Å². The highest BCUT2D eigenvalue weighted by Gasteiger charge is 2.40. The van der Waals surface area contributed by atoms with Crippen LogP contribution in [0.3, 0.4) is 0 Å². The van der Waals surface area contributed by atoms with Gasteiger partial charge in [0.15, 0.2) is 5.60 Å². The van der Waals surface area contributed by atoms with Gasteiger partial charge in [-0.25, -0.2) is 4.39 Å². The first-order chi connectivity index (χ1) is 11.0. The predicted octanol–water partition coefficient (Wildman–Crippen LogP) is 2.08. The number of hydrogen-bond donors (Lipinski definition) is 2. The van der Waals surface area contributed by atoms with Gasteiger partial charge in [-0.2, -0.15) is 0 Å². The standard InChI is InChI=1S/C16H19FN2O4/c1-3-14(20)19-13-10-11(4-5-12(13)17)18-15(21)16(22-2)6-8-23-9-7-16/h3-5,10H,1,6-9H2,2H3,(H,18,21)(H,19,20). The minimum absolute atomic E-state index is 0.0360. The maximum Gasteiger partial charge on any atom is 0.256 e. The lowest BCUT2D eigenvalue weighted by atomic mass is 9.93. The number of methoxy groups -OCH3 is 1. The summed E-state index contributed by atoms with van der Waals surface area (Å²) < 4.78 is 24.3. The van der Waals surface area contributed by atoms with E-state index in [2.05, 4.69) is 17.2 Å². The van der Waals surface area contributed by atoms with Gasteiger partial charge in [-0.3, -0.25) is 9.59 Å². The van der Waals surface area contributed by atoms with Gasteiger partial charge in [-0.05, 0) is 24.3 Å². The highest BCUT2D eigenvalue weighted by atomic mass is 19.1. The highest BCUT2D eigenvalue weighted by Crippen LogP contribution is 2.27. The second-order valence-corrected chi connectivity index (χ2v) is 5.15. The number of nitrogens with one attached hydrogen (secondary N) is 2. The van der Waals surface area contributed by atoms with Crippen LogP contribution >= 0.6 is 0 Å². The number of benzene rings is 1. The van der Waals surface area contributed by atoms with Gasteiger partial charge >= 0.3 is 0 Å². The number of rotatable bonds is 5. The molecule has 0 aliphatic carbocycles. The fraction of sp³-hybridized carbons (Fsp3) is 0.375. The van der Waals surface area contributed by atoms with E-state index in [4.69, 9.17) is 9.47 Å². The van der Waals surface area contributed by atoms with Gasteiger partial charge < -0.3 is 20.1 Å². The summed E-state index contributed by atoms with van der Waals surface area (Å²) in [6.07, 6.45) is 1.92. The molecule has 0 saturated carbocycles. The van der Waals surface area contributed by atoms with E-state index in [0.717, 1.165) is 12.1 Å². The van der Waals surface area contributed by atoms with Crippen LogP contribution < -0.4 is 10.6 Å². The molecule has 1 aliphatic rings. The smallest absolute Gasteiger partial charge is 0.256 e. The van der Waals surface area contributed by atoms with Gasteiger partial charge in [0, 0.05) is 38.9 Å². The average Bonchev–Trinajstić information content (AvgIpc) is 2.58. The Balaban J connectivity index is 2.15. The van der Waals surface area contributed by atoms with E-state index >= 15 is 0 Å². The molecule has 0 bridgehead atoms. The quantitative estimate of drug-likeness (QED) is 0.814. The van der Waals surface area contributed by atoms with Crippen LogP contribution in [0.5, 0.6) is 0 Å². The topological polar surface area (TPSA) is 76.7 Å². The summed E-state index contributed by atoms with van der Waals surface area (Å²) in [5.74, 6) is -1.47. The zero-order valence-corrected chi connectivity index (χ0v) is 12.9. The highest BCUT2D eigenvalue weighted by molar-refractivity contribution is 6.01. The van der Waals surface area contributed by atoms with E-state index in [1.165, 1.54) is 19.2 Å². The van der Waals surface area contributed by atoms with E-state index in [9.17, 15) is 14.0 Å². The molecule has 1 aliphatic heterocycles. The molecule has 23 heavy (non-hydrogen) atoms. The van der Waals surface area contributed by atoms with Crippen molar-refractivity contribution in [3.05, 3.63) is 36.7 Å². The van der Waals surface area contributed by atoms with Crippen molar-refractivity contribution in [2.45, 2.75) is 18.4 Å². The van der Waals surface area contributed by atoms with Crippen LogP contribution in [0.4, 0.5) is 15.8 Å². The third-order valence-corrected chi connectivity index (χ3v) is 3.77. The third-order valence-electron chi connectivity index (χ3n) is 3.77. The summed E-state index contributed by atoms with van der Waals surface area (Å²) in [6, 6.07) is 3.93. The molecule has 2 N–H and O–H groups in total. The predicted molar refractivity (Wildman–Crippen MR) is 83.6 cm³/mol. The minimum Gasteiger partial charge on any atom is -0.381 e. The zero-order valence-electron chi connectivity index (χ0n) is 12.9. The lowest BCUT2D eigenvalue weighted by Crippen LogP contribution is -2.48. The van der Waals surface area contributed by atoms with Crippen molar-refractivity contribution in [3.8, 4) is 0 Å². The van der Waals surface area contributed by atoms with Crippen LogP contribution in [0, 0.1) is 5.82 Å². The van der Waals surface area contributed by atoms with Crippen molar-refractivity contribution < 1.29 is 23.5 Å². The third kappa shape index (κ3) is 3.94. The maximum absolute atomic E-state index is 13.7. The lowest BCUT2D eigenvalue weighted by molar-refractivity contribution is -0.149. The Kier molecular flexibility index (Phi) is 5.46. The molecule has 0 unspecified atom stereocenters. The summed E-state index contributed by atoms with van der Waals surface area (Å²) in [7, 11) is 1.48. The molecule has 0 atom stereocenters. The Bertz CT molecular complexity index is 612. The van der Waals surface area contributed by atoms with E-state index < -0.39 is 17.3 Å². The normalized spacial score (nSPS) is 16.4. The number of ether oxygens (including phenoxy) is 2. The summed E-state index contributed by atoms with van der Waals surface area (Å²) >= 11 is 0. The Morgan fingerprint density at radius 3 is 2.65 bits per heavy atom. The van der Waals surface area contributed by atoms with Crippen LogP contribution in [0.1, 0.15) is 12.8 Å². The minimum atomic E-state index is -0.961. The number of halogens is 1. The molecule has 1 heterocycles. The lowest BCUT2D eigenvalue weighted by Gasteiger charge is -2.34. The van der Waals surface area contributed by atoms with Crippen molar-refractivity contribution in [2.75, 3.05) is 31.0 Å². The van der Waals surface area contributed by atoms with Crippen molar-refractivity contribution in [1.82, 2.24) is 0 Å². The first kappa shape index (κ1) is 17.1. The molecule has 0 radical (unpaired) electrons. The molecule has 1 aromatic rings. The molecule has 2 rings (SSSR count). The molecular weight excluding hydrogens is 303 g/mol. The van der Waals surface area contributed by atoms with Crippen LogP contribution in [-0.4, -0.2) is 37.7 Å². The Labute approximate surface area is 133 Å². The zero-order chi connectivity index (χ0) is 16.9. The van der Waals surface area contributed by atoms with E-state index in [1.54, 1.807) is 0 Å². The first-order valence-electron chi connectivity index (χ1n) is 7.18. The van der Waals surface area contributed by atoms with Crippen molar-refractivity contribution >= 4 is 23.2 Å². The second kappa shape index (κ2) is 7.34. The van der Waals surface area contributed by atoms with Gasteiger partial charge in [0.05, 0.1) is 5.69 Å². The van der Waals surface area contributed by atoms with Gasteiger partial charge in [0.1, 0.15) is 5.82 Å². The SMILES string of the molecule is C=CC(=O)Nc1cc(NC(=O)C2(OC)CCOCC2)ccc1F. The molecule has 6 nitrogen and oxygen atoms in total. The van der Waals surface area contributed by atoms with Crippen molar-refractivity contribution in [2.24, 2.45) is 0 Å². The molecule has 0 spiro atoms. The molecule has 7 heteroatoms. The summed E-state index contributed by atoms with van der Waals surface area (Å²) in [6.45, 7) is 4.18.